The Hall–Kier alpha value is -0.710. The summed E-state index contributed by atoms with van der Waals surface area (Å²) in [6.45, 7) is -0.301. The van der Waals surface area contributed by atoms with Crippen molar-refractivity contribution in [1.82, 2.24) is 5.32 Å². The van der Waals surface area contributed by atoms with Gasteiger partial charge < -0.3 is 10.4 Å². The minimum absolute atomic E-state index is 0.427. The first-order chi connectivity index (χ1) is 4.42. The molecule has 0 saturated heterocycles. The van der Waals surface area contributed by atoms with E-state index in [0.717, 1.165) is 6.92 Å². The van der Waals surface area contributed by atoms with Crippen LogP contribution in [0.4, 0.5) is 8.78 Å². The molecule has 5 heteroatoms. The summed E-state index contributed by atoms with van der Waals surface area (Å²) in [6, 6.07) is 0. The van der Waals surface area contributed by atoms with Crippen LogP contribution >= 0.6 is 0 Å². The van der Waals surface area contributed by atoms with Gasteiger partial charge in [0.25, 0.3) is 5.92 Å². The number of carboxylic acids is 1. The number of carboxylic acid groups (broad SMARTS) is 1. The van der Waals surface area contributed by atoms with Crippen molar-refractivity contribution in [2.75, 3.05) is 13.1 Å². The molecule has 0 amide bonds. The number of carbonyl (C=O) groups is 1. The fraction of sp³-hybridized carbons (Fsp3) is 0.800. The molecule has 0 aromatic carbocycles. The van der Waals surface area contributed by atoms with Gasteiger partial charge in [0.05, 0.1) is 13.1 Å². The van der Waals surface area contributed by atoms with Crippen molar-refractivity contribution in [3.05, 3.63) is 0 Å². The summed E-state index contributed by atoms with van der Waals surface area (Å²) in [6.07, 6.45) is 0. The van der Waals surface area contributed by atoms with E-state index in [0.29, 0.717) is 0 Å². The van der Waals surface area contributed by atoms with Gasteiger partial charge in [0.2, 0.25) is 0 Å². The molecule has 0 rings (SSSR count). The SMILES string of the molecule is CC(F)(F)CNCC(=O)O. The number of nitrogens with one attached hydrogen (secondary N) is 1. The molecule has 0 unspecified atom stereocenters. The van der Waals surface area contributed by atoms with Gasteiger partial charge in [-0.25, -0.2) is 8.78 Å². The van der Waals surface area contributed by atoms with Crippen molar-refractivity contribution >= 4 is 5.97 Å². The van der Waals surface area contributed by atoms with E-state index in [-0.39, 0.29) is 0 Å². The molecule has 10 heavy (non-hydrogen) atoms. The number of alkyl halides is 2. The molecule has 0 aromatic rings. The van der Waals surface area contributed by atoms with Gasteiger partial charge in [-0.2, -0.15) is 0 Å². The highest BCUT2D eigenvalue weighted by Gasteiger charge is 2.19. The van der Waals surface area contributed by atoms with E-state index >= 15 is 0 Å². The molecule has 0 atom stereocenters. The molecule has 0 aliphatic carbocycles. The van der Waals surface area contributed by atoms with Crippen LogP contribution in [0, 0.1) is 0 Å². The first-order valence-electron chi connectivity index (χ1n) is 2.72. The first kappa shape index (κ1) is 9.29. The van der Waals surface area contributed by atoms with E-state index in [1.807, 2.05) is 0 Å². The number of hydrogen-bond donors (Lipinski definition) is 2. The summed E-state index contributed by atoms with van der Waals surface area (Å²) in [4.78, 5) is 9.78. The normalized spacial score (nSPS) is 11.5. The lowest BCUT2D eigenvalue weighted by Crippen LogP contribution is -2.33. The molecule has 0 heterocycles. The lowest BCUT2D eigenvalue weighted by molar-refractivity contribution is -0.136. The predicted octanol–water partition coefficient (Wildman–Crippen LogP) is 0.316. The minimum atomic E-state index is -2.84. The summed E-state index contributed by atoms with van der Waals surface area (Å²) in [7, 11) is 0. The van der Waals surface area contributed by atoms with Gasteiger partial charge in [-0.05, 0) is 0 Å². The van der Waals surface area contributed by atoms with Crippen LogP contribution in [-0.4, -0.2) is 30.1 Å². The zero-order valence-corrected chi connectivity index (χ0v) is 5.53. The predicted molar refractivity (Wildman–Crippen MR) is 31.1 cm³/mol. The number of rotatable bonds is 4. The third kappa shape index (κ3) is 7.29. The van der Waals surface area contributed by atoms with Gasteiger partial charge in [-0.15, -0.1) is 0 Å². The molecule has 0 radical (unpaired) electrons. The Morgan fingerprint density at radius 2 is 2.20 bits per heavy atom. The lowest BCUT2D eigenvalue weighted by atomic mass is 10.4. The number of aliphatic carboxylic acids is 1. The standard InChI is InChI=1S/C5H9F2NO2/c1-5(6,7)3-8-2-4(9)10/h8H,2-3H2,1H3,(H,9,10). The van der Waals surface area contributed by atoms with E-state index in [9.17, 15) is 13.6 Å². The average Bonchev–Trinajstić information content (AvgIpc) is 1.59. The maximum atomic E-state index is 11.9. The summed E-state index contributed by atoms with van der Waals surface area (Å²) in [5.41, 5.74) is 0. The maximum absolute atomic E-state index is 11.9. The molecule has 0 aliphatic heterocycles. The molecule has 3 nitrogen and oxygen atoms in total. The molecule has 0 spiro atoms. The quantitative estimate of drug-likeness (QED) is 0.611. The smallest absolute Gasteiger partial charge is 0.317 e. The molecule has 0 bridgehead atoms. The Kier molecular flexibility index (Phi) is 3.21. The maximum Gasteiger partial charge on any atom is 0.317 e. The highest BCUT2D eigenvalue weighted by molar-refractivity contribution is 5.68. The van der Waals surface area contributed by atoms with Crippen molar-refractivity contribution in [3.63, 3.8) is 0 Å². The number of hydrogen-bond acceptors (Lipinski definition) is 2. The van der Waals surface area contributed by atoms with Gasteiger partial charge in [0, 0.05) is 6.92 Å². The van der Waals surface area contributed by atoms with Crippen LogP contribution in [0.2, 0.25) is 0 Å². The van der Waals surface area contributed by atoms with E-state index in [1.54, 1.807) is 0 Å². The minimum Gasteiger partial charge on any atom is -0.480 e. The van der Waals surface area contributed by atoms with Gasteiger partial charge in [0.1, 0.15) is 0 Å². The largest absolute Gasteiger partial charge is 0.480 e. The molecular formula is C5H9F2NO2. The van der Waals surface area contributed by atoms with Gasteiger partial charge >= 0.3 is 5.97 Å². The Labute approximate surface area is 57.0 Å². The van der Waals surface area contributed by atoms with Crippen LogP contribution < -0.4 is 5.32 Å². The van der Waals surface area contributed by atoms with E-state index in [1.165, 1.54) is 0 Å². The van der Waals surface area contributed by atoms with Crippen molar-refractivity contribution in [2.24, 2.45) is 0 Å². The molecule has 0 aliphatic rings. The van der Waals surface area contributed by atoms with Crippen LogP contribution in [0.1, 0.15) is 6.92 Å². The van der Waals surface area contributed by atoms with Crippen LogP contribution in [0.5, 0.6) is 0 Å². The van der Waals surface area contributed by atoms with E-state index in [4.69, 9.17) is 5.11 Å². The van der Waals surface area contributed by atoms with Gasteiger partial charge in [0.15, 0.2) is 0 Å². The Balaban J connectivity index is 3.29. The third-order valence-corrected chi connectivity index (χ3v) is 0.712. The Morgan fingerprint density at radius 3 is 2.50 bits per heavy atom. The molecule has 2 N–H and O–H groups in total. The molecule has 60 valence electrons. The monoisotopic (exact) mass is 153 g/mol. The lowest BCUT2D eigenvalue weighted by Gasteiger charge is -2.08. The third-order valence-electron chi connectivity index (χ3n) is 0.712. The molecule has 0 saturated carbocycles. The second-order valence-corrected chi connectivity index (χ2v) is 2.07. The Bertz CT molecular complexity index is 121. The van der Waals surface area contributed by atoms with Crippen molar-refractivity contribution in [1.29, 1.82) is 0 Å². The first-order valence-corrected chi connectivity index (χ1v) is 2.72. The topological polar surface area (TPSA) is 49.3 Å². The number of halogens is 2. The fourth-order valence-electron chi connectivity index (χ4n) is 0.389. The van der Waals surface area contributed by atoms with Gasteiger partial charge in [-0.1, -0.05) is 0 Å². The highest BCUT2D eigenvalue weighted by Crippen LogP contribution is 2.08. The van der Waals surface area contributed by atoms with Crippen molar-refractivity contribution in [2.45, 2.75) is 12.8 Å². The van der Waals surface area contributed by atoms with Gasteiger partial charge in [-0.3, -0.25) is 4.79 Å². The van der Waals surface area contributed by atoms with Crippen LogP contribution in [0.3, 0.4) is 0 Å². The van der Waals surface area contributed by atoms with E-state index < -0.39 is 25.0 Å². The van der Waals surface area contributed by atoms with E-state index in [2.05, 4.69) is 5.32 Å². The Morgan fingerprint density at radius 1 is 1.70 bits per heavy atom. The summed E-state index contributed by atoms with van der Waals surface area (Å²) in [5, 5.41) is 10.1. The zero-order valence-electron chi connectivity index (χ0n) is 5.53. The zero-order chi connectivity index (χ0) is 8.20. The summed E-state index contributed by atoms with van der Waals surface area (Å²) in [5.74, 6) is -3.97. The van der Waals surface area contributed by atoms with Crippen molar-refractivity contribution in [3.8, 4) is 0 Å². The second kappa shape index (κ2) is 3.46. The molecular weight excluding hydrogens is 144 g/mol. The highest BCUT2D eigenvalue weighted by atomic mass is 19.3. The second-order valence-electron chi connectivity index (χ2n) is 2.07. The summed E-state index contributed by atoms with van der Waals surface area (Å²) >= 11 is 0. The fourth-order valence-corrected chi connectivity index (χ4v) is 0.389. The summed E-state index contributed by atoms with van der Waals surface area (Å²) < 4.78 is 23.8. The van der Waals surface area contributed by atoms with Crippen LogP contribution in [0.15, 0.2) is 0 Å². The van der Waals surface area contributed by atoms with Crippen LogP contribution in [0.25, 0.3) is 0 Å². The molecule has 0 fully saturated rings. The molecule has 0 aromatic heterocycles. The van der Waals surface area contributed by atoms with Crippen molar-refractivity contribution < 1.29 is 18.7 Å². The van der Waals surface area contributed by atoms with Crippen LogP contribution in [-0.2, 0) is 4.79 Å². The average molecular weight is 153 g/mol.